The first-order valence-corrected chi connectivity index (χ1v) is 8.91. The minimum absolute atomic E-state index is 0.0262. The van der Waals surface area contributed by atoms with Gasteiger partial charge in [0, 0.05) is 6.61 Å². The van der Waals surface area contributed by atoms with Gasteiger partial charge in [-0.15, -0.1) is 0 Å². The second-order valence-corrected chi connectivity index (χ2v) is 8.17. The molecule has 0 fully saturated rings. The fourth-order valence-electron chi connectivity index (χ4n) is 3.09. The van der Waals surface area contributed by atoms with Gasteiger partial charge in [0.15, 0.2) is 0 Å². The molecule has 0 amide bonds. The van der Waals surface area contributed by atoms with Crippen molar-refractivity contribution in [2.75, 3.05) is 6.61 Å². The van der Waals surface area contributed by atoms with Crippen molar-refractivity contribution >= 4 is 0 Å². The molecule has 0 aromatic carbocycles. The summed E-state index contributed by atoms with van der Waals surface area (Å²) in [7, 11) is 0. The van der Waals surface area contributed by atoms with Crippen LogP contribution in [0.1, 0.15) is 106 Å². The van der Waals surface area contributed by atoms with Crippen molar-refractivity contribution in [1.82, 2.24) is 0 Å². The minimum atomic E-state index is 0.0262. The summed E-state index contributed by atoms with van der Waals surface area (Å²) in [5.74, 6) is 0. The molecule has 0 aliphatic rings. The summed E-state index contributed by atoms with van der Waals surface area (Å²) < 4.78 is 6.07. The van der Waals surface area contributed by atoms with Crippen molar-refractivity contribution in [2.45, 2.75) is 111 Å². The van der Waals surface area contributed by atoms with Crippen LogP contribution in [0.2, 0.25) is 0 Å². The van der Waals surface area contributed by atoms with Gasteiger partial charge < -0.3 is 4.74 Å². The van der Waals surface area contributed by atoms with Gasteiger partial charge >= 0.3 is 0 Å². The fourth-order valence-corrected chi connectivity index (χ4v) is 3.09. The molecule has 0 aliphatic heterocycles. The zero-order valence-corrected chi connectivity index (χ0v) is 15.2. The zero-order chi connectivity index (χ0) is 15.5. The lowest BCUT2D eigenvalue weighted by Crippen LogP contribution is -2.30. The highest BCUT2D eigenvalue weighted by Crippen LogP contribution is 2.29. The molecule has 0 bridgehead atoms. The van der Waals surface area contributed by atoms with Gasteiger partial charge in [0.25, 0.3) is 0 Å². The molecule has 20 heavy (non-hydrogen) atoms. The zero-order valence-electron chi connectivity index (χ0n) is 15.2. The van der Waals surface area contributed by atoms with Crippen LogP contribution < -0.4 is 0 Å². The highest BCUT2D eigenvalue weighted by Gasteiger charge is 2.25. The molecular weight excluding hydrogens is 244 g/mol. The molecule has 0 aromatic heterocycles. The van der Waals surface area contributed by atoms with Crippen LogP contribution in [-0.2, 0) is 4.74 Å². The van der Waals surface area contributed by atoms with Gasteiger partial charge in [-0.2, -0.15) is 0 Å². The van der Waals surface area contributed by atoms with Gasteiger partial charge in [-0.1, -0.05) is 79.1 Å². The third kappa shape index (κ3) is 14.4. The molecule has 0 radical (unpaired) electrons. The van der Waals surface area contributed by atoms with E-state index in [4.69, 9.17) is 4.74 Å². The second kappa shape index (κ2) is 10.7. The fraction of sp³-hybridized carbons (Fsp3) is 1.00. The lowest BCUT2D eigenvalue weighted by Gasteiger charge is -2.32. The van der Waals surface area contributed by atoms with Crippen molar-refractivity contribution < 1.29 is 4.74 Å². The van der Waals surface area contributed by atoms with Crippen molar-refractivity contribution in [1.29, 1.82) is 0 Å². The molecule has 122 valence electrons. The lowest BCUT2D eigenvalue weighted by molar-refractivity contribution is -0.0445. The summed E-state index contributed by atoms with van der Waals surface area (Å²) in [6.07, 6.45) is 13.5. The standard InChI is InChI=1S/C19H40O/c1-7-8-9-10-11-12-13-14-15-16-20-19(5,6)17-18(2,3)4/h7-17H2,1-6H3. The molecule has 1 heteroatoms. The first kappa shape index (κ1) is 20.0. The average Bonchev–Trinajstić information content (AvgIpc) is 2.28. The van der Waals surface area contributed by atoms with Crippen LogP contribution in [0.5, 0.6) is 0 Å². The summed E-state index contributed by atoms with van der Waals surface area (Å²) in [5, 5.41) is 0. The normalized spacial score (nSPS) is 12.9. The van der Waals surface area contributed by atoms with E-state index < -0.39 is 0 Å². The molecule has 0 aliphatic carbocycles. The van der Waals surface area contributed by atoms with E-state index in [9.17, 15) is 0 Å². The summed E-state index contributed by atoms with van der Waals surface area (Å²) in [4.78, 5) is 0. The molecule has 0 N–H and O–H groups in total. The van der Waals surface area contributed by atoms with Crippen LogP contribution in [0.4, 0.5) is 0 Å². The maximum atomic E-state index is 6.07. The summed E-state index contributed by atoms with van der Waals surface area (Å²) >= 11 is 0. The maximum absolute atomic E-state index is 6.07. The van der Waals surface area contributed by atoms with E-state index in [-0.39, 0.29) is 5.60 Å². The highest BCUT2D eigenvalue weighted by molar-refractivity contribution is 4.76. The van der Waals surface area contributed by atoms with Gasteiger partial charge in [0.2, 0.25) is 0 Å². The maximum Gasteiger partial charge on any atom is 0.0631 e. The Morgan fingerprint density at radius 1 is 0.650 bits per heavy atom. The first-order chi connectivity index (χ1) is 9.27. The van der Waals surface area contributed by atoms with Gasteiger partial charge in [0.1, 0.15) is 0 Å². The molecule has 0 aromatic rings. The summed E-state index contributed by atoms with van der Waals surface area (Å²) in [6, 6.07) is 0. The van der Waals surface area contributed by atoms with Crippen molar-refractivity contribution in [3.63, 3.8) is 0 Å². The van der Waals surface area contributed by atoms with Crippen molar-refractivity contribution in [3.05, 3.63) is 0 Å². The Bertz CT molecular complexity index is 212. The predicted molar refractivity (Wildman–Crippen MR) is 91.3 cm³/mol. The van der Waals surface area contributed by atoms with Gasteiger partial charge in [-0.25, -0.2) is 0 Å². The molecule has 0 saturated heterocycles. The van der Waals surface area contributed by atoms with Crippen LogP contribution in [0, 0.1) is 5.41 Å². The van der Waals surface area contributed by atoms with Crippen LogP contribution in [0.25, 0.3) is 0 Å². The third-order valence-electron chi connectivity index (χ3n) is 3.70. The molecule has 0 saturated carbocycles. The Hall–Kier alpha value is -0.0400. The number of ether oxygens (including phenoxy) is 1. The Morgan fingerprint density at radius 2 is 1.10 bits per heavy atom. The molecule has 1 nitrogen and oxygen atoms in total. The monoisotopic (exact) mass is 284 g/mol. The minimum Gasteiger partial charge on any atom is -0.376 e. The predicted octanol–water partition coefficient (Wildman–Crippen LogP) is 6.75. The summed E-state index contributed by atoms with van der Waals surface area (Å²) in [5.41, 5.74) is 0.375. The molecular formula is C19H40O. The lowest BCUT2D eigenvalue weighted by atomic mass is 9.83. The van der Waals surface area contributed by atoms with E-state index in [1.807, 2.05) is 0 Å². The average molecular weight is 285 g/mol. The molecule has 0 rings (SSSR count). The Balaban J connectivity index is 3.39. The Kier molecular flexibility index (Phi) is 10.6. The highest BCUT2D eigenvalue weighted by atomic mass is 16.5. The number of hydrogen-bond donors (Lipinski definition) is 0. The molecule has 0 unspecified atom stereocenters. The van der Waals surface area contributed by atoms with E-state index >= 15 is 0 Å². The largest absolute Gasteiger partial charge is 0.376 e. The van der Waals surface area contributed by atoms with Crippen LogP contribution in [0.15, 0.2) is 0 Å². The van der Waals surface area contributed by atoms with Gasteiger partial charge in [-0.3, -0.25) is 0 Å². The second-order valence-electron chi connectivity index (χ2n) is 8.17. The third-order valence-corrected chi connectivity index (χ3v) is 3.70. The Labute approximate surface area is 128 Å². The SMILES string of the molecule is CCCCCCCCCCCOC(C)(C)CC(C)(C)C. The van der Waals surface area contributed by atoms with Crippen molar-refractivity contribution in [2.24, 2.45) is 5.41 Å². The van der Waals surface area contributed by atoms with Crippen LogP contribution in [0.3, 0.4) is 0 Å². The molecule has 0 atom stereocenters. The number of hydrogen-bond acceptors (Lipinski definition) is 1. The van der Waals surface area contributed by atoms with E-state index in [0.717, 1.165) is 13.0 Å². The molecule has 0 heterocycles. The van der Waals surface area contributed by atoms with E-state index in [1.165, 1.54) is 57.8 Å². The number of unbranched alkanes of at least 4 members (excludes halogenated alkanes) is 8. The van der Waals surface area contributed by atoms with Crippen LogP contribution in [-0.4, -0.2) is 12.2 Å². The van der Waals surface area contributed by atoms with Crippen LogP contribution >= 0.6 is 0 Å². The number of rotatable bonds is 12. The van der Waals surface area contributed by atoms with Gasteiger partial charge in [-0.05, 0) is 32.1 Å². The van der Waals surface area contributed by atoms with E-state index in [2.05, 4.69) is 41.5 Å². The Morgan fingerprint density at radius 3 is 1.55 bits per heavy atom. The summed E-state index contributed by atoms with van der Waals surface area (Å²) in [6.45, 7) is 14.5. The van der Waals surface area contributed by atoms with Gasteiger partial charge in [0.05, 0.1) is 5.60 Å². The molecule has 0 spiro atoms. The smallest absolute Gasteiger partial charge is 0.0631 e. The van der Waals surface area contributed by atoms with E-state index in [0.29, 0.717) is 5.41 Å². The quantitative estimate of drug-likeness (QED) is 0.360. The van der Waals surface area contributed by atoms with Crippen molar-refractivity contribution in [3.8, 4) is 0 Å². The topological polar surface area (TPSA) is 9.23 Å². The van der Waals surface area contributed by atoms with E-state index in [1.54, 1.807) is 0 Å². The first-order valence-electron chi connectivity index (χ1n) is 8.91.